The van der Waals surface area contributed by atoms with Crippen LogP contribution in [0.25, 0.3) is 60.9 Å². The number of anilines is 6. The van der Waals surface area contributed by atoms with Gasteiger partial charge in [-0.1, -0.05) is 183 Å². The predicted molar refractivity (Wildman–Crippen MR) is 315 cm³/mol. The number of hydrogen-bond donors (Lipinski definition) is 0. The molecule has 362 valence electrons. The average molecular weight is 966 g/mol. The van der Waals surface area contributed by atoms with Crippen LogP contribution in [0, 0.1) is 0 Å². The van der Waals surface area contributed by atoms with Crippen molar-refractivity contribution < 1.29 is 0 Å². The van der Waals surface area contributed by atoms with Gasteiger partial charge in [-0.15, -0.1) is 0 Å². The Labute approximate surface area is 441 Å². The largest absolute Gasteiger partial charge is 0.311 e. The van der Waals surface area contributed by atoms with Crippen molar-refractivity contribution in [3.63, 3.8) is 0 Å². The number of hydrogen-bond acceptors (Lipinski definition) is 2. The summed E-state index contributed by atoms with van der Waals surface area (Å²) in [5.41, 5.74) is 28.8. The standard InChI is InChI=1S/C72H59N3/c1-69(2)58-26-17-15-24-52(58)54-36-34-49(41-62(54)69)74(50-35-37-55-53-25-16-18-27-59(53)70(3,4)63(55)42-50)51-40-57-56-38-45(44-30-32-48(33-31-44)73(46-20-11-9-12-21-46)47-22-13-10-14-23-47)39-64-66(56)75-67(57)65(43-51)72(7,8)61-29-19-28-60(68(61)75)71(64,5)6/h9-43H,1-8H3. The summed E-state index contributed by atoms with van der Waals surface area (Å²) in [4.78, 5) is 4.92. The van der Waals surface area contributed by atoms with E-state index in [-0.39, 0.29) is 21.7 Å². The van der Waals surface area contributed by atoms with E-state index in [1.54, 1.807) is 0 Å². The van der Waals surface area contributed by atoms with E-state index in [0.29, 0.717) is 0 Å². The molecule has 2 aliphatic heterocycles. The normalized spacial score (nSPS) is 15.9. The van der Waals surface area contributed by atoms with Gasteiger partial charge in [0.1, 0.15) is 0 Å². The Kier molecular flexibility index (Phi) is 8.89. The molecular weight excluding hydrogens is 907 g/mol. The fourth-order valence-corrected chi connectivity index (χ4v) is 14.3. The first-order valence-corrected chi connectivity index (χ1v) is 26.8. The number of rotatable bonds is 7. The maximum absolute atomic E-state index is 2.67. The van der Waals surface area contributed by atoms with Crippen molar-refractivity contribution in [3.8, 4) is 39.1 Å². The minimum Gasteiger partial charge on any atom is -0.311 e. The van der Waals surface area contributed by atoms with Crippen LogP contribution in [0.4, 0.5) is 34.1 Å². The van der Waals surface area contributed by atoms with Crippen molar-refractivity contribution >= 4 is 55.9 Å². The third-order valence-electron chi connectivity index (χ3n) is 18.3. The van der Waals surface area contributed by atoms with Gasteiger partial charge in [0.2, 0.25) is 0 Å². The summed E-state index contributed by atoms with van der Waals surface area (Å²) in [5.74, 6) is 0. The summed E-state index contributed by atoms with van der Waals surface area (Å²) in [6.07, 6.45) is 0. The Morgan fingerprint density at radius 3 is 1.19 bits per heavy atom. The summed E-state index contributed by atoms with van der Waals surface area (Å²) in [6.45, 7) is 19.4. The molecule has 11 aromatic rings. The monoisotopic (exact) mass is 965 g/mol. The van der Waals surface area contributed by atoms with Crippen molar-refractivity contribution in [1.29, 1.82) is 0 Å². The van der Waals surface area contributed by atoms with Crippen LogP contribution in [-0.2, 0) is 21.7 Å². The summed E-state index contributed by atoms with van der Waals surface area (Å²) in [6, 6.07) is 80.3. The number of para-hydroxylation sites is 3. The van der Waals surface area contributed by atoms with Gasteiger partial charge in [-0.2, -0.15) is 0 Å². The zero-order valence-electron chi connectivity index (χ0n) is 44.0. The molecule has 2 aliphatic carbocycles. The van der Waals surface area contributed by atoms with Gasteiger partial charge >= 0.3 is 0 Å². The summed E-state index contributed by atoms with van der Waals surface area (Å²) in [7, 11) is 0. The Morgan fingerprint density at radius 2 is 0.653 bits per heavy atom. The number of nitrogens with zero attached hydrogens (tertiary/aromatic N) is 3. The van der Waals surface area contributed by atoms with Crippen LogP contribution >= 0.6 is 0 Å². The number of aromatic nitrogens is 1. The Morgan fingerprint density at radius 1 is 0.267 bits per heavy atom. The van der Waals surface area contributed by atoms with E-state index < -0.39 is 0 Å². The molecule has 0 unspecified atom stereocenters. The highest BCUT2D eigenvalue weighted by molar-refractivity contribution is 6.16. The predicted octanol–water partition coefficient (Wildman–Crippen LogP) is 19.3. The molecule has 0 atom stereocenters. The third-order valence-corrected chi connectivity index (χ3v) is 18.3. The lowest BCUT2D eigenvalue weighted by Crippen LogP contribution is -2.33. The van der Waals surface area contributed by atoms with Crippen LogP contribution in [0.5, 0.6) is 0 Å². The zero-order valence-corrected chi connectivity index (χ0v) is 44.0. The summed E-state index contributed by atoms with van der Waals surface area (Å²) >= 11 is 0. The Hall–Kier alpha value is -8.40. The van der Waals surface area contributed by atoms with E-state index >= 15 is 0 Å². The van der Waals surface area contributed by atoms with Gasteiger partial charge in [0.15, 0.2) is 0 Å². The molecule has 3 heteroatoms. The molecule has 3 nitrogen and oxygen atoms in total. The highest BCUT2D eigenvalue weighted by Crippen LogP contribution is 2.59. The van der Waals surface area contributed by atoms with E-state index in [1.807, 2.05) is 0 Å². The minimum atomic E-state index is -0.297. The molecule has 1 aromatic heterocycles. The van der Waals surface area contributed by atoms with Crippen LogP contribution in [0.15, 0.2) is 212 Å². The van der Waals surface area contributed by atoms with Gasteiger partial charge in [0.25, 0.3) is 0 Å². The van der Waals surface area contributed by atoms with E-state index in [0.717, 1.165) is 17.1 Å². The Balaban J connectivity index is 0.982. The molecule has 0 N–H and O–H groups in total. The zero-order chi connectivity index (χ0) is 50.9. The van der Waals surface area contributed by atoms with E-state index in [4.69, 9.17) is 0 Å². The molecule has 0 spiro atoms. The van der Waals surface area contributed by atoms with Crippen molar-refractivity contribution in [3.05, 3.63) is 257 Å². The van der Waals surface area contributed by atoms with Crippen molar-refractivity contribution in [2.45, 2.75) is 77.0 Å². The fraction of sp³-hybridized carbons (Fsp3) is 0.167. The highest BCUT2D eigenvalue weighted by atomic mass is 15.2. The van der Waals surface area contributed by atoms with Gasteiger partial charge < -0.3 is 14.4 Å². The molecule has 0 bridgehead atoms. The van der Waals surface area contributed by atoms with Crippen molar-refractivity contribution in [1.82, 2.24) is 4.57 Å². The molecular formula is C72H59N3. The lowest BCUT2D eigenvalue weighted by atomic mass is 9.68. The molecule has 0 amide bonds. The second-order valence-corrected chi connectivity index (χ2v) is 23.8. The molecule has 3 heterocycles. The molecule has 75 heavy (non-hydrogen) atoms. The lowest BCUT2D eigenvalue weighted by Gasteiger charge is -2.42. The van der Waals surface area contributed by atoms with Crippen LogP contribution < -0.4 is 9.80 Å². The smallest absolute Gasteiger partial charge is 0.0583 e. The molecule has 0 saturated carbocycles. The number of benzene rings is 10. The van der Waals surface area contributed by atoms with E-state index in [1.165, 1.54) is 122 Å². The maximum Gasteiger partial charge on any atom is 0.0583 e. The second kappa shape index (κ2) is 15.1. The van der Waals surface area contributed by atoms with Gasteiger partial charge in [-0.25, -0.2) is 0 Å². The third kappa shape index (κ3) is 5.93. The van der Waals surface area contributed by atoms with Gasteiger partial charge in [-0.3, -0.25) is 0 Å². The first kappa shape index (κ1) is 44.1. The fourth-order valence-electron chi connectivity index (χ4n) is 14.3. The van der Waals surface area contributed by atoms with Crippen LogP contribution in [0.1, 0.15) is 99.9 Å². The topological polar surface area (TPSA) is 11.4 Å². The summed E-state index contributed by atoms with van der Waals surface area (Å²) < 4.78 is 2.67. The van der Waals surface area contributed by atoms with Crippen molar-refractivity contribution in [2.75, 3.05) is 9.80 Å². The average Bonchev–Trinajstić information content (AvgIpc) is 4.22. The van der Waals surface area contributed by atoms with E-state index in [2.05, 4.69) is 282 Å². The molecule has 0 radical (unpaired) electrons. The van der Waals surface area contributed by atoms with Gasteiger partial charge in [-0.05, 0) is 163 Å². The first-order chi connectivity index (χ1) is 36.2. The SMILES string of the molecule is CC1(C)c2ccccc2-c2ccc(N(c3ccc4c(c3)C(C)(C)c3ccccc3-4)c3cc4c5c(c3)c3cc(-c6ccc(N(c7ccccc7)c7ccccc7)cc6)cc6c3n5-c3c(cccc3C4(C)C)C6(C)C)cc21. The van der Waals surface area contributed by atoms with Gasteiger partial charge in [0, 0.05) is 66.6 Å². The summed E-state index contributed by atoms with van der Waals surface area (Å²) in [5, 5.41) is 2.58. The second-order valence-electron chi connectivity index (χ2n) is 23.8. The molecule has 10 aromatic carbocycles. The van der Waals surface area contributed by atoms with Gasteiger partial charge in [0.05, 0.1) is 16.7 Å². The highest BCUT2D eigenvalue weighted by Gasteiger charge is 2.45. The molecule has 15 rings (SSSR count). The molecule has 4 aliphatic rings. The molecule has 0 saturated heterocycles. The maximum atomic E-state index is 2.67. The van der Waals surface area contributed by atoms with Crippen LogP contribution in [0.3, 0.4) is 0 Å². The van der Waals surface area contributed by atoms with Crippen LogP contribution in [-0.4, -0.2) is 4.57 Å². The first-order valence-electron chi connectivity index (χ1n) is 26.8. The quantitative estimate of drug-likeness (QED) is 0.158. The Bertz CT molecular complexity index is 4080. The number of fused-ring (bicyclic) bond motifs is 7. The lowest BCUT2D eigenvalue weighted by molar-refractivity contribution is 0.594. The van der Waals surface area contributed by atoms with E-state index in [9.17, 15) is 0 Å². The van der Waals surface area contributed by atoms with Crippen LogP contribution in [0.2, 0.25) is 0 Å². The minimum absolute atomic E-state index is 0.156. The van der Waals surface area contributed by atoms with Crippen molar-refractivity contribution in [2.24, 2.45) is 0 Å². The molecule has 0 fully saturated rings.